The van der Waals surface area contributed by atoms with Crippen molar-refractivity contribution < 1.29 is 4.79 Å². The minimum atomic E-state index is -0.222. The van der Waals surface area contributed by atoms with Crippen LogP contribution in [0.4, 0.5) is 5.69 Å². The molecule has 2 unspecified atom stereocenters. The monoisotopic (exact) mass is 267 g/mol. The predicted molar refractivity (Wildman–Crippen MR) is 78.9 cm³/mol. The highest BCUT2D eigenvalue weighted by Crippen LogP contribution is 2.22. The van der Waals surface area contributed by atoms with Crippen LogP contribution in [0.3, 0.4) is 0 Å². The lowest BCUT2D eigenvalue weighted by molar-refractivity contribution is -0.117. The predicted octanol–water partition coefficient (Wildman–Crippen LogP) is 2.23. The summed E-state index contributed by atoms with van der Waals surface area (Å²) in [5.74, 6) is -0.0119. The van der Waals surface area contributed by atoms with E-state index < -0.39 is 0 Å². The molecular formula is C16H17N3O. The van der Waals surface area contributed by atoms with Crippen molar-refractivity contribution in [2.75, 3.05) is 5.32 Å². The van der Waals surface area contributed by atoms with Crippen LogP contribution in [0.15, 0.2) is 60.7 Å². The summed E-state index contributed by atoms with van der Waals surface area (Å²) in [6, 6.07) is 19.6. The highest BCUT2D eigenvalue weighted by molar-refractivity contribution is 5.95. The second kappa shape index (κ2) is 5.86. The van der Waals surface area contributed by atoms with Gasteiger partial charge in [-0.3, -0.25) is 4.79 Å². The van der Waals surface area contributed by atoms with E-state index in [1.54, 1.807) is 0 Å². The standard InChI is InChI=1S/C16H17N3O/c20-16(17-13-9-5-2-6-10-13)15-11-14(18-19-15)12-7-3-1-4-8-12/h1-10,14-15,18-19H,11H2,(H,17,20). The third-order valence-electron chi connectivity index (χ3n) is 3.46. The maximum absolute atomic E-state index is 12.2. The van der Waals surface area contributed by atoms with E-state index in [-0.39, 0.29) is 18.0 Å². The SMILES string of the molecule is O=C(Nc1ccccc1)C1CC(c2ccccc2)NN1. The van der Waals surface area contributed by atoms with Gasteiger partial charge in [-0.2, -0.15) is 0 Å². The molecule has 20 heavy (non-hydrogen) atoms. The van der Waals surface area contributed by atoms with Gasteiger partial charge in [0.1, 0.15) is 6.04 Å². The zero-order valence-electron chi connectivity index (χ0n) is 11.0. The molecule has 2 aromatic rings. The van der Waals surface area contributed by atoms with Gasteiger partial charge in [0, 0.05) is 11.7 Å². The van der Waals surface area contributed by atoms with Crippen molar-refractivity contribution in [1.82, 2.24) is 10.9 Å². The van der Waals surface area contributed by atoms with E-state index in [0.717, 1.165) is 12.1 Å². The summed E-state index contributed by atoms with van der Waals surface area (Å²) in [5.41, 5.74) is 8.25. The first-order valence-corrected chi connectivity index (χ1v) is 6.75. The fourth-order valence-corrected chi connectivity index (χ4v) is 2.38. The Balaban J connectivity index is 1.61. The molecule has 0 saturated carbocycles. The number of hydrogen-bond acceptors (Lipinski definition) is 3. The first-order chi connectivity index (χ1) is 9.83. The van der Waals surface area contributed by atoms with Crippen molar-refractivity contribution in [3.63, 3.8) is 0 Å². The summed E-state index contributed by atoms with van der Waals surface area (Å²) in [5, 5.41) is 2.91. The van der Waals surface area contributed by atoms with E-state index in [9.17, 15) is 4.79 Å². The van der Waals surface area contributed by atoms with Gasteiger partial charge in [0.05, 0.1) is 0 Å². The van der Waals surface area contributed by atoms with Gasteiger partial charge < -0.3 is 5.32 Å². The number of rotatable bonds is 3. The Morgan fingerprint density at radius 2 is 1.60 bits per heavy atom. The highest BCUT2D eigenvalue weighted by Gasteiger charge is 2.29. The van der Waals surface area contributed by atoms with Gasteiger partial charge in [-0.15, -0.1) is 0 Å². The minimum Gasteiger partial charge on any atom is -0.325 e. The molecular weight excluding hydrogens is 250 g/mol. The zero-order valence-corrected chi connectivity index (χ0v) is 11.0. The fraction of sp³-hybridized carbons (Fsp3) is 0.188. The van der Waals surface area contributed by atoms with Crippen molar-refractivity contribution in [3.05, 3.63) is 66.2 Å². The Labute approximate surface area is 118 Å². The molecule has 2 atom stereocenters. The Kier molecular flexibility index (Phi) is 3.76. The highest BCUT2D eigenvalue weighted by atomic mass is 16.2. The Bertz CT molecular complexity index is 571. The molecule has 0 radical (unpaired) electrons. The molecule has 102 valence electrons. The number of nitrogens with one attached hydrogen (secondary N) is 3. The summed E-state index contributed by atoms with van der Waals surface area (Å²) in [6.07, 6.45) is 0.739. The Morgan fingerprint density at radius 3 is 2.30 bits per heavy atom. The van der Waals surface area contributed by atoms with Gasteiger partial charge in [-0.05, 0) is 24.1 Å². The number of benzene rings is 2. The van der Waals surface area contributed by atoms with Crippen molar-refractivity contribution >= 4 is 11.6 Å². The third-order valence-corrected chi connectivity index (χ3v) is 3.46. The zero-order chi connectivity index (χ0) is 13.8. The van der Waals surface area contributed by atoms with Crippen molar-refractivity contribution in [2.24, 2.45) is 0 Å². The van der Waals surface area contributed by atoms with E-state index in [1.165, 1.54) is 5.56 Å². The Hall–Kier alpha value is -2.17. The summed E-state index contributed by atoms with van der Waals surface area (Å²) < 4.78 is 0. The molecule has 1 amide bonds. The number of hydrazine groups is 1. The lowest BCUT2D eigenvalue weighted by Gasteiger charge is -2.10. The molecule has 4 nitrogen and oxygen atoms in total. The lowest BCUT2D eigenvalue weighted by Crippen LogP contribution is -2.39. The molecule has 0 spiro atoms. The average molecular weight is 267 g/mol. The molecule has 1 fully saturated rings. The van der Waals surface area contributed by atoms with Crippen LogP contribution >= 0.6 is 0 Å². The van der Waals surface area contributed by atoms with Gasteiger partial charge in [-0.25, -0.2) is 10.9 Å². The van der Waals surface area contributed by atoms with Crippen LogP contribution in [0.2, 0.25) is 0 Å². The summed E-state index contributed by atoms with van der Waals surface area (Å²) in [7, 11) is 0. The first-order valence-electron chi connectivity index (χ1n) is 6.75. The second-order valence-corrected chi connectivity index (χ2v) is 4.90. The molecule has 1 aliphatic heterocycles. The van der Waals surface area contributed by atoms with E-state index in [2.05, 4.69) is 28.3 Å². The van der Waals surface area contributed by atoms with Crippen LogP contribution in [0.1, 0.15) is 18.0 Å². The van der Waals surface area contributed by atoms with Gasteiger partial charge in [-0.1, -0.05) is 48.5 Å². The maximum Gasteiger partial charge on any atom is 0.242 e. The normalized spacial score (nSPS) is 21.6. The van der Waals surface area contributed by atoms with Crippen molar-refractivity contribution in [1.29, 1.82) is 0 Å². The molecule has 0 aliphatic carbocycles. The quantitative estimate of drug-likeness (QED) is 0.799. The van der Waals surface area contributed by atoms with E-state index in [0.29, 0.717) is 0 Å². The summed E-state index contributed by atoms with van der Waals surface area (Å²) in [6.45, 7) is 0. The van der Waals surface area contributed by atoms with E-state index >= 15 is 0 Å². The topological polar surface area (TPSA) is 53.2 Å². The number of carbonyl (C=O) groups is 1. The number of para-hydroxylation sites is 1. The van der Waals surface area contributed by atoms with Crippen molar-refractivity contribution in [3.8, 4) is 0 Å². The molecule has 1 saturated heterocycles. The van der Waals surface area contributed by atoms with Crippen LogP contribution in [0, 0.1) is 0 Å². The largest absolute Gasteiger partial charge is 0.325 e. The van der Waals surface area contributed by atoms with Crippen LogP contribution in [-0.2, 0) is 4.79 Å². The molecule has 2 aromatic carbocycles. The maximum atomic E-state index is 12.2. The minimum absolute atomic E-state index is 0.0119. The molecule has 3 N–H and O–H groups in total. The smallest absolute Gasteiger partial charge is 0.242 e. The second-order valence-electron chi connectivity index (χ2n) is 4.90. The third kappa shape index (κ3) is 2.87. The molecule has 1 aliphatic rings. The number of amides is 1. The first kappa shape index (κ1) is 12.8. The molecule has 0 bridgehead atoms. The molecule has 0 aromatic heterocycles. The number of hydrogen-bond donors (Lipinski definition) is 3. The van der Waals surface area contributed by atoms with E-state index in [1.807, 2.05) is 48.5 Å². The van der Waals surface area contributed by atoms with E-state index in [4.69, 9.17) is 0 Å². The average Bonchev–Trinajstić information content (AvgIpc) is 2.99. The van der Waals surface area contributed by atoms with Crippen LogP contribution in [0.25, 0.3) is 0 Å². The van der Waals surface area contributed by atoms with Gasteiger partial charge in [0.2, 0.25) is 5.91 Å². The summed E-state index contributed by atoms with van der Waals surface area (Å²) >= 11 is 0. The Morgan fingerprint density at radius 1 is 0.950 bits per heavy atom. The summed E-state index contributed by atoms with van der Waals surface area (Å²) in [4.78, 5) is 12.2. The van der Waals surface area contributed by atoms with Crippen LogP contribution < -0.4 is 16.2 Å². The fourth-order valence-electron chi connectivity index (χ4n) is 2.38. The van der Waals surface area contributed by atoms with Crippen LogP contribution in [-0.4, -0.2) is 11.9 Å². The van der Waals surface area contributed by atoms with Gasteiger partial charge in [0.15, 0.2) is 0 Å². The number of anilines is 1. The van der Waals surface area contributed by atoms with Crippen LogP contribution in [0.5, 0.6) is 0 Å². The molecule has 3 rings (SSSR count). The lowest BCUT2D eigenvalue weighted by atomic mass is 10.0. The van der Waals surface area contributed by atoms with Gasteiger partial charge in [0.25, 0.3) is 0 Å². The molecule has 1 heterocycles. The van der Waals surface area contributed by atoms with Gasteiger partial charge >= 0.3 is 0 Å². The number of carbonyl (C=O) groups excluding carboxylic acids is 1. The molecule has 4 heteroatoms. The van der Waals surface area contributed by atoms with Crippen molar-refractivity contribution in [2.45, 2.75) is 18.5 Å².